The minimum atomic E-state index is -0.987. The standard InChI is InChI=1S/C15H19N5O4S2/c16-20-19-12-3-1-11(2-4-12)15(24)18-8-10-26-25-9-7-17-13(21)5-6-14(22)23/h1-4H,5-10H2,(H,17,21)(H,18,24)(H,22,23). The molecule has 0 saturated carbocycles. The molecule has 0 atom stereocenters. The zero-order chi connectivity index (χ0) is 19.2. The van der Waals surface area contributed by atoms with Crippen LogP contribution in [0.2, 0.25) is 0 Å². The summed E-state index contributed by atoms with van der Waals surface area (Å²) >= 11 is 0. The van der Waals surface area contributed by atoms with E-state index in [-0.39, 0.29) is 24.7 Å². The maximum atomic E-state index is 11.9. The largest absolute Gasteiger partial charge is 0.481 e. The third-order valence-corrected chi connectivity index (χ3v) is 5.33. The van der Waals surface area contributed by atoms with Crippen molar-refractivity contribution in [3.05, 3.63) is 40.3 Å². The summed E-state index contributed by atoms with van der Waals surface area (Å²) in [7, 11) is 3.13. The van der Waals surface area contributed by atoms with E-state index in [0.29, 0.717) is 35.8 Å². The van der Waals surface area contributed by atoms with Gasteiger partial charge in [-0.15, -0.1) is 0 Å². The summed E-state index contributed by atoms with van der Waals surface area (Å²) in [6.45, 7) is 0.972. The van der Waals surface area contributed by atoms with E-state index in [1.54, 1.807) is 45.9 Å². The quantitative estimate of drug-likeness (QED) is 0.163. The van der Waals surface area contributed by atoms with Crippen LogP contribution in [0.15, 0.2) is 29.4 Å². The molecule has 3 N–H and O–H groups in total. The summed E-state index contributed by atoms with van der Waals surface area (Å²) in [6, 6.07) is 6.33. The number of nitrogens with one attached hydrogen (secondary N) is 2. The lowest BCUT2D eigenvalue weighted by Crippen LogP contribution is -2.26. The predicted molar refractivity (Wildman–Crippen MR) is 102 cm³/mol. The number of rotatable bonds is 12. The molecular formula is C15H19N5O4S2. The number of azide groups is 1. The van der Waals surface area contributed by atoms with Crippen LogP contribution in [-0.4, -0.2) is 47.5 Å². The molecule has 0 saturated heterocycles. The van der Waals surface area contributed by atoms with E-state index < -0.39 is 5.97 Å². The first-order valence-electron chi connectivity index (χ1n) is 7.69. The Kier molecular flexibility index (Phi) is 10.8. The van der Waals surface area contributed by atoms with Gasteiger partial charge in [-0.3, -0.25) is 14.4 Å². The Balaban J connectivity index is 2.06. The van der Waals surface area contributed by atoms with Gasteiger partial charge in [-0.1, -0.05) is 38.8 Å². The first-order valence-corrected chi connectivity index (χ1v) is 10.2. The minimum Gasteiger partial charge on any atom is -0.481 e. The van der Waals surface area contributed by atoms with Crippen molar-refractivity contribution in [3.8, 4) is 0 Å². The maximum Gasteiger partial charge on any atom is 0.303 e. The number of nitrogens with zero attached hydrogens (tertiary/aromatic N) is 3. The Bertz CT molecular complexity index is 663. The molecule has 0 unspecified atom stereocenters. The first kappa shape index (κ1) is 21.7. The van der Waals surface area contributed by atoms with Crippen LogP contribution in [0.4, 0.5) is 5.69 Å². The van der Waals surface area contributed by atoms with Gasteiger partial charge in [0.15, 0.2) is 0 Å². The van der Waals surface area contributed by atoms with Gasteiger partial charge in [-0.05, 0) is 17.7 Å². The Morgan fingerprint density at radius 2 is 1.65 bits per heavy atom. The predicted octanol–water partition coefficient (Wildman–Crippen LogP) is 2.72. The molecule has 0 radical (unpaired) electrons. The second kappa shape index (κ2) is 12.9. The summed E-state index contributed by atoms with van der Waals surface area (Å²) < 4.78 is 0. The number of carbonyl (C=O) groups is 3. The maximum absolute atomic E-state index is 11.9. The average Bonchev–Trinajstić information content (AvgIpc) is 2.62. The highest BCUT2D eigenvalue weighted by Crippen LogP contribution is 2.19. The van der Waals surface area contributed by atoms with Crippen LogP contribution in [-0.2, 0) is 9.59 Å². The summed E-state index contributed by atoms with van der Waals surface area (Å²) in [5.41, 5.74) is 9.26. The molecule has 0 aliphatic heterocycles. The van der Waals surface area contributed by atoms with Crippen molar-refractivity contribution >= 4 is 45.1 Å². The van der Waals surface area contributed by atoms with E-state index in [1.165, 1.54) is 0 Å². The Morgan fingerprint density at radius 3 is 2.23 bits per heavy atom. The van der Waals surface area contributed by atoms with E-state index in [4.69, 9.17) is 10.6 Å². The molecule has 0 aliphatic carbocycles. The number of aliphatic carboxylic acids is 1. The van der Waals surface area contributed by atoms with Crippen LogP contribution in [0.1, 0.15) is 23.2 Å². The molecule has 1 aromatic rings. The van der Waals surface area contributed by atoms with Gasteiger partial charge in [-0.25, -0.2) is 0 Å². The zero-order valence-electron chi connectivity index (χ0n) is 13.9. The van der Waals surface area contributed by atoms with E-state index >= 15 is 0 Å². The van der Waals surface area contributed by atoms with E-state index in [9.17, 15) is 14.4 Å². The fourth-order valence-electron chi connectivity index (χ4n) is 1.70. The van der Waals surface area contributed by atoms with Gasteiger partial charge in [0.1, 0.15) is 0 Å². The molecule has 1 aromatic carbocycles. The van der Waals surface area contributed by atoms with Crippen LogP contribution in [0.5, 0.6) is 0 Å². The number of amides is 2. The molecule has 11 heteroatoms. The number of carboxylic acids is 1. The van der Waals surface area contributed by atoms with Crippen molar-refractivity contribution < 1.29 is 19.5 Å². The smallest absolute Gasteiger partial charge is 0.303 e. The number of hydrogen-bond donors (Lipinski definition) is 3. The van der Waals surface area contributed by atoms with Crippen molar-refractivity contribution in [1.29, 1.82) is 0 Å². The van der Waals surface area contributed by atoms with E-state index in [1.807, 2.05) is 0 Å². The molecule has 1 rings (SSSR count). The van der Waals surface area contributed by atoms with Gasteiger partial charge in [0.05, 0.1) is 6.42 Å². The van der Waals surface area contributed by atoms with Gasteiger partial charge in [0, 0.05) is 47.2 Å². The highest BCUT2D eigenvalue weighted by atomic mass is 33.1. The summed E-state index contributed by atoms with van der Waals surface area (Å²) in [4.78, 5) is 36.2. The Morgan fingerprint density at radius 1 is 1.04 bits per heavy atom. The second-order valence-electron chi connectivity index (χ2n) is 4.88. The summed E-state index contributed by atoms with van der Waals surface area (Å²) in [5, 5.41) is 17.3. The number of carbonyl (C=O) groups excluding carboxylic acids is 2. The summed E-state index contributed by atoms with van der Waals surface area (Å²) in [6.07, 6.45) is -0.176. The summed E-state index contributed by atoms with van der Waals surface area (Å²) in [5.74, 6) is -0.0531. The highest BCUT2D eigenvalue weighted by Gasteiger charge is 2.05. The molecular weight excluding hydrogens is 378 g/mol. The lowest BCUT2D eigenvalue weighted by atomic mass is 10.2. The average molecular weight is 397 g/mol. The van der Waals surface area contributed by atoms with Crippen molar-refractivity contribution in [1.82, 2.24) is 10.6 Å². The molecule has 0 bridgehead atoms. The molecule has 0 aliphatic rings. The second-order valence-corrected chi connectivity index (χ2v) is 7.58. The van der Waals surface area contributed by atoms with E-state index in [2.05, 4.69) is 20.7 Å². The Labute approximate surface area is 158 Å². The van der Waals surface area contributed by atoms with Crippen LogP contribution < -0.4 is 10.6 Å². The van der Waals surface area contributed by atoms with Crippen LogP contribution in [0.3, 0.4) is 0 Å². The molecule has 0 spiro atoms. The molecule has 0 heterocycles. The number of carboxylic acid groups (broad SMARTS) is 1. The number of hydrogen-bond acceptors (Lipinski definition) is 6. The molecule has 140 valence electrons. The van der Waals surface area contributed by atoms with Crippen molar-refractivity contribution in [3.63, 3.8) is 0 Å². The fourth-order valence-corrected chi connectivity index (χ4v) is 3.51. The van der Waals surface area contributed by atoms with Crippen molar-refractivity contribution in [2.75, 3.05) is 24.6 Å². The normalized spacial score (nSPS) is 9.85. The van der Waals surface area contributed by atoms with E-state index in [0.717, 1.165) is 0 Å². The third kappa shape index (κ3) is 9.82. The SMILES string of the molecule is [N-]=[N+]=Nc1ccc(C(=O)NCCSSCCNC(=O)CCC(=O)O)cc1. The van der Waals surface area contributed by atoms with Crippen molar-refractivity contribution in [2.24, 2.45) is 5.11 Å². The zero-order valence-corrected chi connectivity index (χ0v) is 15.5. The third-order valence-electron chi connectivity index (χ3n) is 2.92. The van der Waals surface area contributed by atoms with Crippen LogP contribution >= 0.6 is 21.6 Å². The topological polar surface area (TPSA) is 144 Å². The van der Waals surface area contributed by atoms with Gasteiger partial charge in [-0.2, -0.15) is 0 Å². The van der Waals surface area contributed by atoms with Gasteiger partial charge < -0.3 is 15.7 Å². The van der Waals surface area contributed by atoms with Crippen molar-refractivity contribution in [2.45, 2.75) is 12.8 Å². The molecule has 2 amide bonds. The van der Waals surface area contributed by atoms with Crippen LogP contribution in [0, 0.1) is 0 Å². The minimum absolute atomic E-state index is 0.0109. The molecule has 9 nitrogen and oxygen atoms in total. The highest BCUT2D eigenvalue weighted by molar-refractivity contribution is 8.76. The molecule has 0 aromatic heterocycles. The monoisotopic (exact) mass is 397 g/mol. The Hall–Kier alpha value is -2.36. The van der Waals surface area contributed by atoms with Gasteiger partial charge in [0.2, 0.25) is 5.91 Å². The van der Waals surface area contributed by atoms with Crippen LogP contribution in [0.25, 0.3) is 10.4 Å². The fraction of sp³-hybridized carbons (Fsp3) is 0.400. The molecule has 0 fully saturated rings. The van der Waals surface area contributed by atoms with Gasteiger partial charge in [0.25, 0.3) is 5.91 Å². The van der Waals surface area contributed by atoms with Gasteiger partial charge >= 0.3 is 5.97 Å². The lowest BCUT2D eigenvalue weighted by molar-refractivity contribution is -0.138. The first-order chi connectivity index (χ1) is 12.5. The molecule has 26 heavy (non-hydrogen) atoms. The number of benzene rings is 1. The lowest BCUT2D eigenvalue weighted by Gasteiger charge is -2.06.